The van der Waals surface area contributed by atoms with Crippen molar-refractivity contribution in [3.05, 3.63) is 53.0 Å². The summed E-state index contributed by atoms with van der Waals surface area (Å²) in [5, 5.41) is 3.27. The Kier molecular flexibility index (Phi) is 3.90. The zero-order chi connectivity index (χ0) is 13.8. The summed E-state index contributed by atoms with van der Waals surface area (Å²) < 4.78 is 9.93. The summed E-state index contributed by atoms with van der Waals surface area (Å²) in [5.41, 5.74) is 3.88. The minimum Gasteiger partial charge on any atom is -0.467 e. The summed E-state index contributed by atoms with van der Waals surface area (Å²) in [6.07, 6.45) is 1.41. The predicted octanol–water partition coefficient (Wildman–Crippen LogP) is 3.30. The third kappa shape index (κ3) is 3.37. The molecule has 0 aliphatic rings. The molecular weight excluding hydrogens is 242 g/mol. The molecule has 0 radical (unpaired) electrons. The molecule has 0 saturated heterocycles. The van der Waals surface area contributed by atoms with E-state index in [2.05, 4.69) is 42.1 Å². The first-order valence-electron chi connectivity index (χ1n) is 6.06. The highest BCUT2D eigenvalue weighted by atomic mass is 16.5. The zero-order valence-electron chi connectivity index (χ0n) is 11.3. The summed E-state index contributed by atoms with van der Waals surface area (Å²) >= 11 is 0. The molecule has 2 rings (SSSR count). The number of hydrogen-bond acceptors (Lipinski definition) is 4. The quantitative estimate of drug-likeness (QED) is 0.856. The number of nitrogens with one attached hydrogen (secondary N) is 1. The van der Waals surface area contributed by atoms with E-state index in [1.807, 2.05) is 0 Å². The maximum Gasteiger partial charge on any atom is 0.341 e. The summed E-state index contributed by atoms with van der Waals surface area (Å²) in [4.78, 5) is 11.3. The lowest BCUT2D eigenvalue weighted by Crippen LogP contribution is -2.00. The van der Waals surface area contributed by atoms with E-state index >= 15 is 0 Å². The first-order valence-corrected chi connectivity index (χ1v) is 6.06. The lowest BCUT2D eigenvalue weighted by Gasteiger charge is -2.06. The Hall–Kier alpha value is -2.23. The number of methoxy groups -OCH3 is 1. The topological polar surface area (TPSA) is 51.5 Å². The van der Waals surface area contributed by atoms with E-state index in [0.29, 0.717) is 17.9 Å². The lowest BCUT2D eigenvalue weighted by atomic mass is 10.1. The van der Waals surface area contributed by atoms with Crippen LogP contribution in [0.1, 0.15) is 27.2 Å². The molecule has 1 aromatic carbocycles. The lowest BCUT2D eigenvalue weighted by molar-refractivity contribution is 0.0600. The minimum absolute atomic E-state index is 0.388. The van der Waals surface area contributed by atoms with E-state index in [1.54, 1.807) is 6.07 Å². The highest BCUT2D eigenvalue weighted by Gasteiger charge is 2.09. The van der Waals surface area contributed by atoms with E-state index in [0.717, 1.165) is 5.69 Å². The third-order valence-corrected chi connectivity index (χ3v) is 2.76. The third-order valence-electron chi connectivity index (χ3n) is 2.76. The Labute approximate surface area is 112 Å². The molecular formula is C15H17NO3. The number of carbonyl (C=O) groups is 1. The first kappa shape index (κ1) is 13.2. The molecule has 0 unspecified atom stereocenters. The van der Waals surface area contributed by atoms with Crippen LogP contribution in [0.3, 0.4) is 0 Å². The Balaban J connectivity index is 2.02. The zero-order valence-corrected chi connectivity index (χ0v) is 11.3. The molecule has 100 valence electrons. The SMILES string of the molecule is COC(=O)c1coc(CNc2cc(C)cc(C)c2)c1. The Morgan fingerprint density at radius 3 is 2.53 bits per heavy atom. The maximum atomic E-state index is 11.3. The average molecular weight is 259 g/mol. The number of hydrogen-bond donors (Lipinski definition) is 1. The predicted molar refractivity (Wildman–Crippen MR) is 73.3 cm³/mol. The summed E-state index contributed by atoms with van der Waals surface area (Å²) in [7, 11) is 1.35. The second kappa shape index (κ2) is 5.61. The number of aryl methyl sites for hydroxylation is 2. The van der Waals surface area contributed by atoms with E-state index in [9.17, 15) is 4.79 Å². The van der Waals surface area contributed by atoms with E-state index in [-0.39, 0.29) is 5.97 Å². The minimum atomic E-state index is -0.388. The molecule has 0 saturated carbocycles. The molecule has 0 bridgehead atoms. The van der Waals surface area contributed by atoms with Crippen molar-refractivity contribution in [3.63, 3.8) is 0 Å². The average Bonchev–Trinajstić information content (AvgIpc) is 2.83. The Morgan fingerprint density at radius 2 is 1.89 bits per heavy atom. The van der Waals surface area contributed by atoms with Gasteiger partial charge in [-0.1, -0.05) is 6.07 Å². The fourth-order valence-electron chi connectivity index (χ4n) is 1.96. The van der Waals surface area contributed by atoms with Crippen molar-refractivity contribution < 1.29 is 13.9 Å². The van der Waals surface area contributed by atoms with Gasteiger partial charge in [0.25, 0.3) is 0 Å². The van der Waals surface area contributed by atoms with Crippen LogP contribution in [0, 0.1) is 13.8 Å². The van der Waals surface area contributed by atoms with E-state index in [1.165, 1.54) is 24.5 Å². The van der Waals surface area contributed by atoms with Crippen molar-refractivity contribution in [2.75, 3.05) is 12.4 Å². The van der Waals surface area contributed by atoms with Crippen LogP contribution in [-0.2, 0) is 11.3 Å². The van der Waals surface area contributed by atoms with Crippen LogP contribution in [0.4, 0.5) is 5.69 Å². The van der Waals surface area contributed by atoms with Gasteiger partial charge in [-0.3, -0.25) is 0 Å². The fourth-order valence-corrected chi connectivity index (χ4v) is 1.96. The monoisotopic (exact) mass is 259 g/mol. The van der Waals surface area contributed by atoms with Crippen LogP contribution < -0.4 is 5.32 Å². The van der Waals surface area contributed by atoms with Gasteiger partial charge in [0.2, 0.25) is 0 Å². The number of anilines is 1. The first-order chi connectivity index (χ1) is 9.08. The van der Waals surface area contributed by atoms with Crippen LogP contribution in [0.5, 0.6) is 0 Å². The van der Waals surface area contributed by atoms with Gasteiger partial charge in [-0.25, -0.2) is 4.79 Å². The van der Waals surface area contributed by atoms with E-state index < -0.39 is 0 Å². The second-order valence-corrected chi connectivity index (χ2v) is 4.52. The van der Waals surface area contributed by atoms with Gasteiger partial charge >= 0.3 is 5.97 Å². The molecule has 0 atom stereocenters. The maximum absolute atomic E-state index is 11.3. The normalized spacial score (nSPS) is 10.3. The van der Waals surface area contributed by atoms with Gasteiger partial charge in [-0.2, -0.15) is 0 Å². The highest BCUT2D eigenvalue weighted by Crippen LogP contribution is 2.16. The number of rotatable bonds is 4. The number of furan rings is 1. The van der Waals surface area contributed by atoms with Crippen molar-refractivity contribution in [1.82, 2.24) is 0 Å². The molecule has 4 nitrogen and oxygen atoms in total. The molecule has 1 heterocycles. The molecule has 1 N–H and O–H groups in total. The molecule has 0 aliphatic carbocycles. The van der Waals surface area contributed by atoms with Gasteiger partial charge < -0.3 is 14.5 Å². The molecule has 4 heteroatoms. The van der Waals surface area contributed by atoms with Gasteiger partial charge in [0.1, 0.15) is 12.0 Å². The van der Waals surface area contributed by atoms with Gasteiger partial charge in [-0.15, -0.1) is 0 Å². The number of esters is 1. The van der Waals surface area contributed by atoms with Crippen molar-refractivity contribution in [1.29, 1.82) is 0 Å². The summed E-state index contributed by atoms with van der Waals surface area (Å²) in [6.45, 7) is 4.64. The van der Waals surface area contributed by atoms with Crippen LogP contribution >= 0.6 is 0 Å². The van der Waals surface area contributed by atoms with Crippen LogP contribution in [0.2, 0.25) is 0 Å². The fraction of sp³-hybridized carbons (Fsp3) is 0.267. The van der Waals surface area contributed by atoms with Gasteiger partial charge in [-0.05, 0) is 43.2 Å². The largest absolute Gasteiger partial charge is 0.467 e. The van der Waals surface area contributed by atoms with Crippen molar-refractivity contribution in [3.8, 4) is 0 Å². The van der Waals surface area contributed by atoms with Gasteiger partial charge in [0.15, 0.2) is 0 Å². The molecule has 19 heavy (non-hydrogen) atoms. The summed E-state index contributed by atoms with van der Waals surface area (Å²) in [6, 6.07) is 7.93. The number of ether oxygens (including phenoxy) is 1. The van der Waals surface area contributed by atoms with Crippen molar-refractivity contribution >= 4 is 11.7 Å². The molecule has 0 spiro atoms. The van der Waals surface area contributed by atoms with E-state index in [4.69, 9.17) is 4.42 Å². The molecule has 1 aromatic heterocycles. The number of benzene rings is 1. The molecule has 0 aliphatic heterocycles. The Morgan fingerprint density at radius 1 is 1.21 bits per heavy atom. The highest BCUT2D eigenvalue weighted by molar-refractivity contribution is 5.88. The molecule has 0 amide bonds. The van der Waals surface area contributed by atoms with Crippen LogP contribution in [0.25, 0.3) is 0 Å². The van der Waals surface area contributed by atoms with Gasteiger partial charge in [0, 0.05) is 5.69 Å². The smallest absolute Gasteiger partial charge is 0.341 e. The Bertz CT molecular complexity index is 567. The molecule has 0 fully saturated rings. The molecule has 2 aromatic rings. The van der Waals surface area contributed by atoms with Crippen LogP contribution in [-0.4, -0.2) is 13.1 Å². The number of carbonyl (C=O) groups excluding carboxylic acids is 1. The van der Waals surface area contributed by atoms with Gasteiger partial charge in [0.05, 0.1) is 19.2 Å². The standard InChI is InChI=1S/C15H17NO3/c1-10-4-11(2)6-13(5-10)16-8-14-7-12(9-19-14)15(17)18-3/h4-7,9,16H,8H2,1-3H3. The summed E-state index contributed by atoms with van der Waals surface area (Å²) in [5.74, 6) is 0.306. The van der Waals surface area contributed by atoms with Crippen LogP contribution in [0.15, 0.2) is 34.9 Å². The van der Waals surface area contributed by atoms with Crippen molar-refractivity contribution in [2.45, 2.75) is 20.4 Å². The van der Waals surface area contributed by atoms with Crippen molar-refractivity contribution in [2.24, 2.45) is 0 Å². The second-order valence-electron chi connectivity index (χ2n) is 4.52.